The van der Waals surface area contributed by atoms with Crippen LogP contribution < -0.4 is 15.0 Å². The predicted octanol–water partition coefficient (Wildman–Crippen LogP) is 4.34. The number of aromatic nitrogens is 2. The van der Waals surface area contributed by atoms with E-state index in [0.717, 1.165) is 38.0 Å². The maximum atomic E-state index is 14.9. The fraction of sp³-hybridized carbons (Fsp3) is 0.424. The summed E-state index contributed by atoms with van der Waals surface area (Å²) in [6.07, 6.45) is 3.98. The number of halogens is 1. The summed E-state index contributed by atoms with van der Waals surface area (Å²) in [5.74, 6) is -0.454. The standard InChI is InChI=1S/C33H39FN6O4/c1-22(11-14-36-33(42)32-23(2)37-21-38-24(32)3)39-15-12-28(13-16-39)40(19-26-17-25(18-35)5-10-30(26)34)27-6-8-29(9-7-27)44-20-31(41)43-4/h5-10,17,21-22,28H,11-16,19-20H2,1-4H3,(H,36,42). The van der Waals surface area contributed by atoms with Crippen molar-refractivity contribution in [2.45, 2.75) is 58.7 Å². The van der Waals surface area contributed by atoms with Crippen LogP contribution in [0.25, 0.3) is 0 Å². The summed E-state index contributed by atoms with van der Waals surface area (Å²) in [7, 11) is 1.31. The van der Waals surface area contributed by atoms with Crippen LogP contribution >= 0.6 is 0 Å². The molecule has 0 bridgehead atoms. The molecule has 0 saturated carbocycles. The molecule has 1 unspecified atom stereocenters. The molecule has 2 aromatic carbocycles. The van der Waals surface area contributed by atoms with Crippen molar-refractivity contribution in [3.05, 3.63) is 82.7 Å². The van der Waals surface area contributed by atoms with Crippen molar-refractivity contribution in [2.75, 3.05) is 38.3 Å². The molecule has 4 rings (SSSR count). The third kappa shape index (κ3) is 8.29. The Labute approximate surface area is 257 Å². The fourth-order valence-corrected chi connectivity index (χ4v) is 5.54. The lowest BCUT2D eigenvalue weighted by molar-refractivity contribution is -0.142. The number of piperidine rings is 1. The molecule has 0 radical (unpaired) electrons. The van der Waals surface area contributed by atoms with Gasteiger partial charge in [-0.1, -0.05) is 0 Å². The average Bonchev–Trinajstić information content (AvgIpc) is 3.03. The molecule has 1 atom stereocenters. The Bertz CT molecular complexity index is 1460. The molecule has 1 aliphatic rings. The number of esters is 1. The maximum Gasteiger partial charge on any atom is 0.343 e. The van der Waals surface area contributed by atoms with Crippen LogP contribution in [0.5, 0.6) is 5.75 Å². The van der Waals surface area contributed by atoms with Gasteiger partial charge in [0.2, 0.25) is 0 Å². The van der Waals surface area contributed by atoms with Crippen LogP contribution in [0.1, 0.15) is 59.1 Å². The van der Waals surface area contributed by atoms with Crippen molar-refractivity contribution in [2.24, 2.45) is 0 Å². The minimum Gasteiger partial charge on any atom is -0.482 e. The van der Waals surface area contributed by atoms with Crippen molar-refractivity contribution in [1.82, 2.24) is 20.2 Å². The van der Waals surface area contributed by atoms with Gasteiger partial charge in [0.15, 0.2) is 6.61 Å². The maximum absolute atomic E-state index is 14.9. The van der Waals surface area contributed by atoms with Crippen LogP contribution in [0.15, 0.2) is 48.8 Å². The highest BCUT2D eigenvalue weighted by molar-refractivity contribution is 5.96. The normalized spacial score (nSPS) is 14.4. The van der Waals surface area contributed by atoms with Crippen LogP contribution in [0.4, 0.5) is 10.1 Å². The summed E-state index contributed by atoms with van der Waals surface area (Å²) < 4.78 is 25.0. The minimum absolute atomic E-state index is 0.133. The number of nitrogens with zero attached hydrogens (tertiary/aromatic N) is 5. The van der Waals surface area contributed by atoms with E-state index in [4.69, 9.17) is 4.74 Å². The van der Waals surface area contributed by atoms with Crippen molar-refractivity contribution in [3.8, 4) is 11.8 Å². The monoisotopic (exact) mass is 602 g/mol. The van der Waals surface area contributed by atoms with E-state index in [2.05, 4.69) is 42.8 Å². The van der Waals surface area contributed by atoms with Gasteiger partial charge in [-0.15, -0.1) is 0 Å². The lowest BCUT2D eigenvalue weighted by Crippen LogP contribution is -2.48. The van der Waals surface area contributed by atoms with Crippen LogP contribution in [-0.4, -0.2) is 72.2 Å². The molecule has 232 valence electrons. The Morgan fingerprint density at radius 3 is 2.45 bits per heavy atom. The lowest BCUT2D eigenvalue weighted by atomic mass is 9.99. The Hall–Kier alpha value is -4.56. The molecule has 1 aliphatic heterocycles. The Morgan fingerprint density at radius 2 is 1.82 bits per heavy atom. The predicted molar refractivity (Wildman–Crippen MR) is 164 cm³/mol. The topological polar surface area (TPSA) is 121 Å². The zero-order chi connectivity index (χ0) is 31.6. The molecule has 11 heteroatoms. The fourth-order valence-electron chi connectivity index (χ4n) is 5.54. The molecular weight excluding hydrogens is 563 g/mol. The van der Waals surface area contributed by atoms with E-state index in [1.807, 2.05) is 26.0 Å². The second-order valence-corrected chi connectivity index (χ2v) is 11.0. The SMILES string of the molecule is COC(=O)COc1ccc(N(Cc2cc(C#N)ccc2F)C2CCN(C(C)CCNC(=O)c3c(C)ncnc3C)CC2)cc1. The highest BCUT2D eigenvalue weighted by Gasteiger charge is 2.28. The average molecular weight is 603 g/mol. The van der Waals surface area contributed by atoms with Gasteiger partial charge in [0.05, 0.1) is 35.7 Å². The second-order valence-electron chi connectivity index (χ2n) is 11.0. The number of nitriles is 1. The number of hydrogen-bond acceptors (Lipinski definition) is 9. The van der Waals surface area contributed by atoms with Gasteiger partial charge in [-0.05, 0) is 82.5 Å². The van der Waals surface area contributed by atoms with Gasteiger partial charge in [-0.25, -0.2) is 19.2 Å². The number of likely N-dealkylation sites (tertiary alicyclic amines) is 1. The van der Waals surface area contributed by atoms with Crippen LogP contribution in [0, 0.1) is 31.0 Å². The molecule has 44 heavy (non-hydrogen) atoms. The quantitative estimate of drug-likeness (QED) is 0.302. The van der Waals surface area contributed by atoms with Gasteiger partial charge in [0.25, 0.3) is 5.91 Å². The number of anilines is 1. The van der Waals surface area contributed by atoms with Crippen LogP contribution in [0.2, 0.25) is 0 Å². The molecule has 10 nitrogen and oxygen atoms in total. The first-order chi connectivity index (χ1) is 21.2. The number of rotatable bonds is 12. The molecule has 1 amide bonds. The number of amides is 1. The van der Waals surface area contributed by atoms with E-state index in [-0.39, 0.29) is 30.4 Å². The van der Waals surface area contributed by atoms with Crippen molar-refractivity contribution in [3.63, 3.8) is 0 Å². The third-order valence-corrected chi connectivity index (χ3v) is 8.13. The van der Waals surface area contributed by atoms with Gasteiger partial charge in [0, 0.05) is 49.5 Å². The second kappa shape index (κ2) is 15.3. The number of nitrogens with one attached hydrogen (secondary N) is 1. The van der Waals surface area contributed by atoms with Gasteiger partial charge >= 0.3 is 5.97 Å². The number of hydrogen-bond donors (Lipinski definition) is 1. The first kappa shape index (κ1) is 32.4. The zero-order valence-electron chi connectivity index (χ0n) is 25.7. The lowest BCUT2D eigenvalue weighted by Gasteiger charge is -2.42. The largest absolute Gasteiger partial charge is 0.482 e. The van der Waals surface area contributed by atoms with Gasteiger partial charge in [-0.2, -0.15) is 5.26 Å². The smallest absolute Gasteiger partial charge is 0.343 e. The van der Waals surface area contributed by atoms with E-state index in [1.165, 1.54) is 25.6 Å². The summed E-state index contributed by atoms with van der Waals surface area (Å²) in [4.78, 5) is 37.1. The number of ether oxygens (including phenoxy) is 2. The number of methoxy groups -OCH3 is 1. The molecule has 1 N–H and O–H groups in total. The van der Waals surface area contributed by atoms with E-state index >= 15 is 0 Å². The van der Waals surface area contributed by atoms with E-state index in [9.17, 15) is 19.2 Å². The number of carbonyl (C=O) groups is 2. The highest BCUT2D eigenvalue weighted by atomic mass is 19.1. The summed E-state index contributed by atoms with van der Waals surface area (Å²) >= 11 is 0. The number of aryl methyl sites for hydroxylation is 2. The van der Waals surface area contributed by atoms with E-state index in [1.54, 1.807) is 18.2 Å². The summed E-state index contributed by atoms with van der Waals surface area (Å²) in [5, 5.41) is 12.4. The molecule has 0 spiro atoms. The highest BCUT2D eigenvalue weighted by Crippen LogP contribution is 2.29. The van der Waals surface area contributed by atoms with Gasteiger partial charge in [0.1, 0.15) is 17.9 Å². The van der Waals surface area contributed by atoms with Crippen LogP contribution in [-0.2, 0) is 16.1 Å². The molecule has 1 saturated heterocycles. The number of carbonyl (C=O) groups excluding carboxylic acids is 2. The number of benzene rings is 2. The van der Waals surface area contributed by atoms with Crippen molar-refractivity contribution >= 4 is 17.6 Å². The minimum atomic E-state index is -0.470. The van der Waals surface area contributed by atoms with E-state index < -0.39 is 5.97 Å². The molecule has 3 aromatic rings. The van der Waals surface area contributed by atoms with E-state index in [0.29, 0.717) is 46.9 Å². The van der Waals surface area contributed by atoms with Gasteiger partial charge < -0.3 is 24.6 Å². The Balaban J connectivity index is 1.40. The Kier molecular flexibility index (Phi) is 11.2. The molecule has 0 aliphatic carbocycles. The van der Waals surface area contributed by atoms with Crippen LogP contribution in [0.3, 0.4) is 0 Å². The van der Waals surface area contributed by atoms with Gasteiger partial charge in [-0.3, -0.25) is 4.79 Å². The Morgan fingerprint density at radius 1 is 1.14 bits per heavy atom. The summed E-state index contributed by atoms with van der Waals surface area (Å²) in [6.45, 7) is 8.14. The molecular formula is C33H39FN6O4. The zero-order valence-corrected chi connectivity index (χ0v) is 25.7. The molecule has 2 heterocycles. The van der Waals surface area contributed by atoms with Crippen molar-refractivity contribution in [1.29, 1.82) is 5.26 Å². The third-order valence-electron chi connectivity index (χ3n) is 8.13. The molecule has 1 fully saturated rings. The summed E-state index contributed by atoms with van der Waals surface area (Å²) in [6, 6.07) is 14.3. The molecule has 1 aromatic heterocycles. The van der Waals surface area contributed by atoms with Crippen molar-refractivity contribution < 1.29 is 23.5 Å². The first-order valence-corrected chi connectivity index (χ1v) is 14.8. The first-order valence-electron chi connectivity index (χ1n) is 14.8. The summed E-state index contributed by atoms with van der Waals surface area (Å²) in [5.41, 5.74) is 3.61.